The topological polar surface area (TPSA) is 38.9 Å². The van der Waals surface area contributed by atoms with Crippen LogP contribution in [0.1, 0.15) is 10.4 Å². The number of benzene rings is 2. The molecule has 2 nitrogen and oxygen atoms in total. The molecule has 0 unspecified atom stereocenters. The van der Waals surface area contributed by atoms with Gasteiger partial charge in [-0.1, -0.05) is 46.3 Å². The first kappa shape index (κ1) is 14.4. The van der Waals surface area contributed by atoms with Crippen LogP contribution in [-0.4, -0.2) is 4.98 Å². The Kier molecular flexibility index (Phi) is 4.19. The number of thiazole rings is 1. The lowest BCUT2D eigenvalue weighted by Crippen LogP contribution is -1.95. The maximum absolute atomic E-state index is 5.72. The average Bonchev–Trinajstić information content (AvgIpc) is 2.90. The van der Waals surface area contributed by atoms with Crippen LogP contribution in [0.2, 0.25) is 0 Å². The molecular formula is C17H15BrN2S. The van der Waals surface area contributed by atoms with E-state index in [1.807, 2.05) is 24.3 Å². The van der Waals surface area contributed by atoms with Gasteiger partial charge in [-0.25, -0.2) is 4.98 Å². The predicted molar refractivity (Wildman–Crippen MR) is 93.3 cm³/mol. The number of aryl methyl sites for hydroxylation is 1. The fraction of sp³-hybridized carbons (Fsp3) is 0.118. The summed E-state index contributed by atoms with van der Waals surface area (Å²) in [7, 11) is 0. The van der Waals surface area contributed by atoms with Gasteiger partial charge in [0.1, 0.15) is 5.01 Å². The van der Waals surface area contributed by atoms with Crippen LogP contribution in [0.4, 0.5) is 0 Å². The summed E-state index contributed by atoms with van der Waals surface area (Å²) in [5, 5.41) is 1.04. The van der Waals surface area contributed by atoms with Gasteiger partial charge in [0.2, 0.25) is 0 Å². The number of nitrogens with two attached hydrogens (primary N) is 1. The second kappa shape index (κ2) is 6.10. The van der Waals surface area contributed by atoms with Crippen LogP contribution in [0, 0.1) is 6.92 Å². The van der Waals surface area contributed by atoms with Gasteiger partial charge in [0.25, 0.3) is 0 Å². The summed E-state index contributed by atoms with van der Waals surface area (Å²) in [6.07, 6.45) is 0. The summed E-state index contributed by atoms with van der Waals surface area (Å²) in [6, 6.07) is 16.5. The molecule has 0 saturated carbocycles. The van der Waals surface area contributed by atoms with Crippen LogP contribution in [-0.2, 0) is 6.54 Å². The molecule has 2 N–H and O–H groups in total. The molecule has 0 amide bonds. The van der Waals surface area contributed by atoms with E-state index in [-0.39, 0.29) is 0 Å². The van der Waals surface area contributed by atoms with Crippen molar-refractivity contribution in [3.8, 4) is 21.8 Å². The third-order valence-electron chi connectivity index (χ3n) is 3.32. The third-order valence-corrected chi connectivity index (χ3v) is 4.87. The average molecular weight is 359 g/mol. The van der Waals surface area contributed by atoms with Crippen LogP contribution in [0.15, 0.2) is 53.0 Å². The van der Waals surface area contributed by atoms with Gasteiger partial charge >= 0.3 is 0 Å². The number of aromatic nitrogens is 1. The van der Waals surface area contributed by atoms with Crippen LogP contribution in [0.3, 0.4) is 0 Å². The zero-order valence-corrected chi connectivity index (χ0v) is 14.0. The highest BCUT2D eigenvalue weighted by Crippen LogP contribution is 2.33. The van der Waals surface area contributed by atoms with E-state index >= 15 is 0 Å². The maximum atomic E-state index is 5.72. The first-order valence-corrected chi connectivity index (χ1v) is 8.31. The summed E-state index contributed by atoms with van der Waals surface area (Å²) in [5.74, 6) is 0. The standard InChI is InChI=1S/C17H15BrN2S/c1-11-16(13-5-7-15(18)8-6-13)20-17(21-11)14-4-2-3-12(9-14)10-19/h2-9H,10,19H2,1H3. The van der Waals surface area contributed by atoms with Gasteiger partial charge in [0.05, 0.1) is 5.69 Å². The fourth-order valence-corrected chi connectivity index (χ4v) is 3.42. The largest absolute Gasteiger partial charge is 0.326 e. The lowest BCUT2D eigenvalue weighted by atomic mass is 10.1. The van der Waals surface area contributed by atoms with E-state index in [4.69, 9.17) is 10.7 Å². The van der Waals surface area contributed by atoms with Crippen molar-refractivity contribution < 1.29 is 0 Å². The number of nitrogens with zero attached hydrogens (tertiary/aromatic N) is 1. The normalized spacial score (nSPS) is 10.8. The molecule has 3 rings (SSSR count). The Hall–Kier alpha value is -1.49. The molecule has 0 aliphatic rings. The van der Waals surface area contributed by atoms with Crippen LogP contribution >= 0.6 is 27.3 Å². The third kappa shape index (κ3) is 3.07. The van der Waals surface area contributed by atoms with E-state index in [9.17, 15) is 0 Å². The van der Waals surface area contributed by atoms with E-state index < -0.39 is 0 Å². The molecule has 0 fully saturated rings. The monoisotopic (exact) mass is 358 g/mol. The molecule has 0 spiro atoms. The van der Waals surface area contributed by atoms with Gasteiger partial charge in [-0.2, -0.15) is 0 Å². The van der Waals surface area contributed by atoms with Gasteiger partial charge in [0, 0.05) is 27.0 Å². The Morgan fingerprint density at radius 1 is 1.10 bits per heavy atom. The molecule has 0 aliphatic carbocycles. The summed E-state index contributed by atoms with van der Waals surface area (Å²) < 4.78 is 1.08. The molecule has 2 aromatic carbocycles. The minimum absolute atomic E-state index is 0.553. The van der Waals surface area contributed by atoms with E-state index in [2.05, 4.69) is 47.1 Å². The van der Waals surface area contributed by atoms with Gasteiger partial charge in [-0.05, 0) is 30.7 Å². The molecule has 3 aromatic rings. The Labute approximate surface area is 136 Å². The van der Waals surface area contributed by atoms with E-state index in [0.717, 1.165) is 31.9 Å². The summed E-state index contributed by atoms with van der Waals surface area (Å²) in [4.78, 5) is 6.05. The summed E-state index contributed by atoms with van der Waals surface area (Å²) >= 11 is 5.19. The second-order valence-corrected chi connectivity index (χ2v) is 6.95. The minimum Gasteiger partial charge on any atom is -0.326 e. The highest BCUT2D eigenvalue weighted by atomic mass is 79.9. The van der Waals surface area contributed by atoms with E-state index in [1.165, 1.54) is 4.88 Å². The molecule has 106 valence electrons. The SMILES string of the molecule is Cc1sc(-c2cccc(CN)c2)nc1-c1ccc(Br)cc1. The molecule has 1 aromatic heterocycles. The van der Waals surface area contributed by atoms with Crippen molar-refractivity contribution in [2.24, 2.45) is 5.73 Å². The summed E-state index contributed by atoms with van der Waals surface area (Å²) in [6.45, 7) is 2.67. The quantitative estimate of drug-likeness (QED) is 0.714. The lowest BCUT2D eigenvalue weighted by molar-refractivity contribution is 1.07. The van der Waals surface area contributed by atoms with Crippen molar-refractivity contribution in [1.29, 1.82) is 0 Å². The molecule has 1 heterocycles. The lowest BCUT2D eigenvalue weighted by Gasteiger charge is -2.00. The Bertz CT molecular complexity index is 763. The molecule has 4 heteroatoms. The summed E-state index contributed by atoms with van der Waals surface area (Å²) in [5.41, 5.74) is 10.2. The molecule has 0 radical (unpaired) electrons. The van der Waals surface area contributed by atoms with E-state index in [0.29, 0.717) is 6.54 Å². The maximum Gasteiger partial charge on any atom is 0.124 e. The van der Waals surface area contributed by atoms with Gasteiger partial charge < -0.3 is 5.73 Å². The zero-order valence-electron chi connectivity index (χ0n) is 11.6. The molecule has 0 saturated heterocycles. The van der Waals surface area contributed by atoms with Crippen molar-refractivity contribution >= 4 is 27.3 Å². The molecule has 21 heavy (non-hydrogen) atoms. The Balaban J connectivity index is 2.02. The van der Waals surface area contributed by atoms with E-state index in [1.54, 1.807) is 11.3 Å². The highest BCUT2D eigenvalue weighted by Gasteiger charge is 2.11. The van der Waals surface area contributed by atoms with Crippen molar-refractivity contribution in [2.75, 3.05) is 0 Å². The van der Waals surface area contributed by atoms with Crippen molar-refractivity contribution in [1.82, 2.24) is 4.98 Å². The second-order valence-electron chi connectivity index (χ2n) is 4.84. The van der Waals surface area contributed by atoms with Crippen LogP contribution in [0.5, 0.6) is 0 Å². The van der Waals surface area contributed by atoms with Crippen molar-refractivity contribution in [3.63, 3.8) is 0 Å². The van der Waals surface area contributed by atoms with Crippen LogP contribution < -0.4 is 5.73 Å². The molecule has 0 bridgehead atoms. The van der Waals surface area contributed by atoms with Gasteiger partial charge in [0.15, 0.2) is 0 Å². The van der Waals surface area contributed by atoms with Gasteiger partial charge in [-0.15, -0.1) is 11.3 Å². The zero-order chi connectivity index (χ0) is 14.8. The molecule has 0 atom stereocenters. The van der Waals surface area contributed by atoms with Crippen molar-refractivity contribution in [2.45, 2.75) is 13.5 Å². The number of rotatable bonds is 3. The number of halogens is 1. The van der Waals surface area contributed by atoms with Crippen LogP contribution in [0.25, 0.3) is 21.8 Å². The molecular weight excluding hydrogens is 344 g/mol. The number of hydrogen-bond donors (Lipinski definition) is 1. The smallest absolute Gasteiger partial charge is 0.124 e. The first-order chi connectivity index (χ1) is 10.2. The van der Waals surface area contributed by atoms with Crippen molar-refractivity contribution in [3.05, 3.63) is 63.4 Å². The predicted octanol–water partition coefficient (Wildman–Crippen LogP) is 5.01. The van der Waals surface area contributed by atoms with Gasteiger partial charge in [-0.3, -0.25) is 0 Å². The highest BCUT2D eigenvalue weighted by molar-refractivity contribution is 9.10. The first-order valence-electron chi connectivity index (χ1n) is 6.70. The Morgan fingerprint density at radius 2 is 1.86 bits per heavy atom. The minimum atomic E-state index is 0.553. The molecule has 0 aliphatic heterocycles. The number of hydrogen-bond acceptors (Lipinski definition) is 3. The Morgan fingerprint density at radius 3 is 2.57 bits per heavy atom. The fourth-order valence-electron chi connectivity index (χ4n) is 2.23.